The number of likely N-dealkylation sites (tertiary alicyclic amines) is 1. The summed E-state index contributed by atoms with van der Waals surface area (Å²) >= 11 is 1.92. The standard InChI is InChI=1S/C23H25F3IN3O3/c1-22(32)8-2-3-18(22)28-10-23(33)11-30(12-23)21(31)14-5-6-15(24)19(26)20(14)29-17-7-4-13(27)9-16(17)25/h4-7,9,18,28-29,32-33H,2-3,8,10-12H2,1H3. The van der Waals surface area contributed by atoms with E-state index < -0.39 is 40.2 Å². The first-order valence-corrected chi connectivity index (χ1v) is 11.7. The maximum absolute atomic E-state index is 14.6. The summed E-state index contributed by atoms with van der Waals surface area (Å²) in [5, 5.41) is 26.8. The zero-order valence-corrected chi connectivity index (χ0v) is 20.1. The van der Waals surface area contributed by atoms with Crippen LogP contribution < -0.4 is 10.6 Å². The number of carbonyl (C=O) groups excluding carboxylic acids is 1. The Bertz CT molecular complexity index is 1080. The van der Waals surface area contributed by atoms with Gasteiger partial charge in [-0.05, 0) is 79.1 Å². The van der Waals surface area contributed by atoms with Gasteiger partial charge in [0, 0.05) is 16.2 Å². The second-order valence-electron chi connectivity index (χ2n) is 9.10. The quantitative estimate of drug-likeness (QED) is 0.397. The monoisotopic (exact) mass is 575 g/mol. The van der Waals surface area contributed by atoms with Crippen LogP contribution in [0, 0.1) is 21.0 Å². The molecule has 10 heteroatoms. The van der Waals surface area contributed by atoms with E-state index >= 15 is 0 Å². The molecule has 4 rings (SSSR count). The van der Waals surface area contributed by atoms with Crippen molar-refractivity contribution in [1.82, 2.24) is 10.2 Å². The second kappa shape index (κ2) is 9.05. The van der Waals surface area contributed by atoms with Crippen molar-refractivity contribution in [1.29, 1.82) is 0 Å². The van der Waals surface area contributed by atoms with Crippen LogP contribution in [0.4, 0.5) is 24.5 Å². The molecule has 2 atom stereocenters. The summed E-state index contributed by atoms with van der Waals surface area (Å²) in [7, 11) is 0. The zero-order chi connectivity index (χ0) is 24.0. The van der Waals surface area contributed by atoms with Crippen LogP contribution in [0.3, 0.4) is 0 Å². The molecular weight excluding hydrogens is 550 g/mol. The van der Waals surface area contributed by atoms with Crippen molar-refractivity contribution in [2.45, 2.75) is 43.4 Å². The molecule has 178 valence electrons. The lowest BCUT2D eigenvalue weighted by Crippen LogP contribution is -2.68. The van der Waals surface area contributed by atoms with Crippen LogP contribution in [0.25, 0.3) is 0 Å². The molecule has 1 saturated heterocycles. The number of hydrogen-bond acceptors (Lipinski definition) is 5. The number of halogens is 4. The first kappa shape index (κ1) is 24.2. The van der Waals surface area contributed by atoms with Crippen molar-refractivity contribution in [3.63, 3.8) is 0 Å². The van der Waals surface area contributed by atoms with Gasteiger partial charge in [-0.1, -0.05) is 0 Å². The SMILES string of the molecule is CC1(O)CCCC1NCC1(O)CN(C(=O)c2ccc(F)c(F)c2Nc2ccc(I)cc2F)C1. The molecule has 2 fully saturated rings. The lowest BCUT2D eigenvalue weighted by atomic mass is 9.91. The van der Waals surface area contributed by atoms with Gasteiger partial charge in [0.25, 0.3) is 5.91 Å². The number of nitrogens with one attached hydrogen (secondary N) is 2. The van der Waals surface area contributed by atoms with Gasteiger partial charge in [-0.3, -0.25) is 4.79 Å². The minimum atomic E-state index is -1.29. The zero-order valence-electron chi connectivity index (χ0n) is 18.0. The van der Waals surface area contributed by atoms with Crippen LogP contribution in [0.1, 0.15) is 36.5 Å². The highest BCUT2D eigenvalue weighted by atomic mass is 127. The van der Waals surface area contributed by atoms with Crippen molar-refractivity contribution in [3.05, 3.63) is 56.9 Å². The third-order valence-corrected chi connectivity index (χ3v) is 7.05. The highest BCUT2D eigenvalue weighted by molar-refractivity contribution is 14.1. The summed E-state index contributed by atoms with van der Waals surface area (Å²) in [6.45, 7) is 1.93. The van der Waals surface area contributed by atoms with E-state index in [-0.39, 0.29) is 36.9 Å². The predicted octanol–water partition coefficient (Wildman–Crippen LogP) is 3.53. The number of hydrogen-bond donors (Lipinski definition) is 4. The molecule has 33 heavy (non-hydrogen) atoms. The summed E-state index contributed by atoms with van der Waals surface area (Å²) < 4.78 is 43.4. The third kappa shape index (κ3) is 4.98. The smallest absolute Gasteiger partial charge is 0.256 e. The van der Waals surface area contributed by atoms with Crippen molar-refractivity contribution in [3.8, 4) is 0 Å². The molecule has 0 bridgehead atoms. The molecule has 1 aliphatic heterocycles. The Morgan fingerprint density at radius 2 is 1.91 bits per heavy atom. The molecule has 2 aliphatic rings. The van der Waals surface area contributed by atoms with E-state index in [0.717, 1.165) is 25.0 Å². The molecular formula is C23H25F3IN3O3. The Kier molecular flexibility index (Phi) is 6.64. The third-order valence-electron chi connectivity index (χ3n) is 6.38. The predicted molar refractivity (Wildman–Crippen MR) is 126 cm³/mol. The van der Waals surface area contributed by atoms with Crippen LogP contribution in [0.15, 0.2) is 30.3 Å². The van der Waals surface area contributed by atoms with Crippen LogP contribution in [0.5, 0.6) is 0 Å². The van der Waals surface area contributed by atoms with Gasteiger partial charge in [0.2, 0.25) is 0 Å². The Hall–Kier alpha value is -1.89. The van der Waals surface area contributed by atoms with Gasteiger partial charge in [-0.2, -0.15) is 0 Å². The van der Waals surface area contributed by atoms with Crippen LogP contribution in [-0.2, 0) is 0 Å². The van der Waals surface area contributed by atoms with E-state index in [0.29, 0.717) is 9.99 Å². The molecule has 0 spiro atoms. The molecule has 1 heterocycles. The van der Waals surface area contributed by atoms with Crippen molar-refractivity contribution >= 4 is 39.9 Å². The van der Waals surface area contributed by atoms with E-state index in [1.807, 2.05) is 22.6 Å². The van der Waals surface area contributed by atoms with Gasteiger partial charge in [0.1, 0.15) is 11.4 Å². The fraction of sp³-hybridized carbons (Fsp3) is 0.435. The fourth-order valence-electron chi connectivity index (χ4n) is 4.45. The minimum Gasteiger partial charge on any atom is -0.389 e. The topological polar surface area (TPSA) is 84.8 Å². The summed E-state index contributed by atoms with van der Waals surface area (Å²) in [4.78, 5) is 14.3. The van der Waals surface area contributed by atoms with E-state index in [1.54, 1.807) is 13.0 Å². The summed E-state index contributed by atoms with van der Waals surface area (Å²) in [5.41, 5.74) is -2.76. The fourth-order valence-corrected chi connectivity index (χ4v) is 4.90. The number of carbonyl (C=O) groups is 1. The van der Waals surface area contributed by atoms with Crippen molar-refractivity contribution < 1.29 is 28.2 Å². The lowest BCUT2D eigenvalue weighted by molar-refractivity contribution is -0.0834. The van der Waals surface area contributed by atoms with Gasteiger partial charge in [0.15, 0.2) is 11.6 Å². The first-order valence-electron chi connectivity index (χ1n) is 10.7. The molecule has 1 aliphatic carbocycles. The van der Waals surface area contributed by atoms with E-state index in [1.165, 1.54) is 17.0 Å². The van der Waals surface area contributed by atoms with Crippen molar-refractivity contribution in [2.75, 3.05) is 25.0 Å². The van der Waals surface area contributed by atoms with Crippen molar-refractivity contribution in [2.24, 2.45) is 0 Å². The van der Waals surface area contributed by atoms with Crippen LogP contribution in [0.2, 0.25) is 0 Å². The molecule has 0 radical (unpaired) electrons. The summed E-state index contributed by atoms with van der Waals surface area (Å²) in [5.74, 6) is -3.75. The Balaban J connectivity index is 1.47. The molecule has 6 nitrogen and oxygen atoms in total. The molecule has 2 aromatic rings. The number of benzene rings is 2. The molecule has 1 amide bonds. The normalized spacial score (nSPS) is 24.0. The maximum Gasteiger partial charge on any atom is 0.256 e. The number of aliphatic hydroxyl groups is 2. The Morgan fingerprint density at radius 3 is 2.55 bits per heavy atom. The average molecular weight is 575 g/mol. The van der Waals surface area contributed by atoms with Crippen LogP contribution in [-0.4, -0.2) is 57.9 Å². The van der Waals surface area contributed by atoms with Gasteiger partial charge < -0.3 is 25.7 Å². The second-order valence-corrected chi connectivity index (χ2v) is 10.3. The summed E-state index contributed by atoms with van der Waals surface area (Å²) in [6, 6.07) is 6.03. The van der Waals surface area contributed by atoms with Gasteiger partial charge >= 0.3 is 0 Å². The molecule has 2 aromatic carbocycles. The molecule has 4 N–H and O–H groups in total. The van der Waals surface area contributed by atoms with Gasteiger partial charge in [0.05, 0.1) is 35.6 Å². The van der Waals surface area contributed by atoms with Crippen LogP contribution >= 0.6 is 22.6 Å². The number of rotatable bonds is 6. The van der Waals surface area contributed by atoms with E-state index in [4.69, 9.17) is 0 Å². The largest absolute Gasteiger partial charge is 0.389 e. The number of nitrogens with zero attached hydrogens (tertiary/aromatic N) is 1. The Labute approximate surface area is 203 Å². The molecule has 0 aromatic heterocycles. The van der Waals surface area contributed by atoms with Gasteiger partial charge in [-0.25, -0.2) is 13.2 Å². The average Bonchev–Trinajstić information content (AvgIpc) is 3.07. The molecule has 1 saturated carbocycles. The maximum atomic E-state index is 14.6. The highest BCUT2D eigenvalue weighted by Crippen LogP contribution is 2.33. The highest BCUT2D eigenvalue weighted by Gasteiger charge is 2.46. The lowest BCUT2D eigenvalue weighted by Gasteiger charge is -2.47. The van der Waals surface area contributed by atoms with E-state index in [9.17, 15) is 28.2 Å². The van der Waals surface area contributed by atoms with Gasteiger partial charge in [-0.15, -0.1) is 0 Å². The first-order chi connectivity index (χ1) is 15.5. The summed E-state index contributed by atoms with van der Waals surface area (Å²) in [6.07, 6.45) is 2.37. The van der Waals surface area contributed by atoms with E-state index in [2.05, 4.69) is 10.6 Å². The number of β-amino-alcohol motifs (C(OH)–C–C–N with tert-alkyl or cyclic N) is 1. The Morgan fingerprint density at radius 1 is 1.18 bits per heavy atom. The number of amides is 1. The molecule has 2 unspecified atom stereocenters. The number of anilines is 2. The minimum absolute atomic E-state index is 0.00990.